The van der Waals surface area contributed by atoms with Gasteiger partial charge in [0.25, 0.3) is 0 Å². The Morgan fingerprint density at radius 2 is 2.19 bits per heavy atom. The molecule has 2 nitrogen and oxygen atoms in total. The molecule has 1 fully saturated rings. The number of nitrogens with two attached hydrogens (primary N) is 1. The zero-order valence-corrected chi connectivity index (χ0v) is 10.3. The highest BCUT2D eigenvalue weighted by Gasteiger charge is 2.24. The van der Waals surface area contributed by atoms with E-state index in [9.17, 15) is 0 Å². The molecule has 0 spiro atoms. The molecule has 1 unspecified atom stereocenters. The van der Waals surface area contributed by atoms with E-state index in [1.807, 2.05) is 12.3 Å². The van der Waals surface area contributed by atoms with Gasteiger partial charge in [0, 0.05) is 12.4 Å². The van der Waals surface area contributed by atoms with Gasteiger partial charge in [-0.25, -0.2) is 0 Å². The maximum atomic E-state index is 6.13. The average Bonchev–Trinajstić information content (AvgIpc) is 2.81. The lowest BCUT2D eigenvalue weighted by Gasteiger charge is -2.22. The third-order valence-corrected chi connectivity index (χ3v) is 4.05. The molecule has 0 amide bonds. The van der Waals surface area contributed by atoms with Crippen LogP contribution in [0.2, 0.25) is 5.02 Å². The van der Waals surface area contributed by atoms with Gasteiger partial charge >= 0.3 is 0 Å². The molecule has 2 rings (SSSR count). The Morgan fingerprint density at radius 1 is 1.44 bits per heavy atom. The minimum atomic E-state index is 0.586. The molecule has 1 saturated carbocycles. The molecule has 0 aromatic carbocycles. The third kappa shape index (κ3) is 2.74. The summed E-state index contributed by atoms with van der Waals surface area (Å²) in [5.41, 5.74) is 7.09. The van der Waals surface area contributed by atoms with E-state index >= 15 is 0 Å². The Balaban J connectivity index is 2.03. The van der Waals surface area contributed by atoms with Crippen molar-refractivity contribution in [3.8, 4) is 0 Å². The fraction of sp³-hybridized carbons (Fsp3) is 0.615. The van der Waals surface area contributed by atoms with E-state index in [1.165, 1.54) is 31.2 Å². The van der Waals surface area contributed by atoms with Gasteiger partial charge in [0.15, 0.2) is 0 Å². The van der Waals surface area contributed by atoms with Crippen molar-refractivity contribution in [1.82, 2.24) is 4.98 Å². The Hall–Kier alpha value is -0.600. The molecule has 1 aromatic heterocycles. The van der Waals surface area contributed by atoms with Crippen LogP contribution in [0.15, 0.2) is 18.5 Å². The summed E-state index contributed by atoms with van der Waals surface area (Å²) in [6.45, 7) is 0.767. The second-order valence-corrected chi connectivity index (χ2v) is 5.12. The molecule has 1 aromatic rings. The molecule has 0 aliphatic heterocycles. The highest BCUT2D eigenvalue weighted by Crippen LogP contribution is 2.33. The van der Waals surface area contributed by atoms with E-state index < -0.39 is 0 Å². The van der Waals surface area contributed by atoms with Crippen molar-refractivity contribution in [3.05, 3.63) is 29.0 Å². The van der Waals surface area contributed by atoms with Crippen molar-refractivity contribution in [3.63, 3.8) is 0 Å². The van der Waals surface area contributed by atoms with Crippen LogP contribution in [0.4, 0.5) is 0 Å². The minimum Gasteiger partial charge on any atom is -0.330 e. The van der Waals surface area contributed by atoms with Gasteiger partial charge in [-0.3, -0.25) is 4.98 Å². The normalized spacial score (nSPS) is 18.9. The molecular formula is C13H19ClN2. The summed E-state index contributed by atoms with van der Waals surface area (Å²) in [6, 6.07) is 2.01. The van der Waals surface area contributed by atoms with E-state index in [4.69, 9.17) is 17.3 Å². The van der Waals surface area contributed by atoms with Crippen LogP contribution in [-0.4, -0.2) is 11.5 Å². The van der Waals surface area contributed by atoms with Gasteiger partial charge in [-0.2, -0.15) is 0 Å². The molecule has 3 heteroatoms. The maximum absolute atomic E-state index is 6.13. The first-order chi connectivity index (χ1) is 7.81. The fourth-order valence-electron chi connectivity index (χ4n) is 2.72. The van der Waals surface area contributed by atoms with Crippen LogP contribution in [0.1, 0.15) is 31.2 Å². The SMILES string of the molecule is NCC(Cc1ccncc1Cl)C1CCCC1. The van der Waals surface area contributed by atoms with Crippen LogP contribution in [0.5, 0.6) is 0 Å². The number of pyridine rings is 1. The van der Waals surface area contributed by atoms with Gasteiger partial charge in [-0.15, -0.1) is 0 Å². The molecule has 1 atom stereocenters. The molecule has 0 bridgehead atoms. The van der Waals surface area contributed by atoms with Crippen LogP contribution in [0, 0.1) is 11.8 Å². The van der Waals surface area contributed by atoms with E-state index in [1.54, 1.807) is 6.20 Å². The molecule has 2 N–H and O–H groups in total. The summed E-state index contributed by atoms with van der Waals surface area (Å²) in [5.74, 6) is 1.39. The number of nitrogens with zero attached hydrogens (tertiary/aromatic N) is 1. The summed E-state index contributed by atoms with van der Waals surface area (Å²) >= 11 is 6.13. The number of hydrogen-bond donors (Lipinski definition) is 1. The molecule has 0 saturated heterocycles. The van der Waals surface area contributed by atoms with Gasteiger partial charge in [-0.1, -0.05) is 37.3 Å². The lowest BCUT2D eigenvalue weighted by Crippen LogP contribution is -2.24. The first kappa shape index (κ1) is 11.9. The summed E-state index contributed by atoms with van der Waals surface area (Å²) in [7, 11) is 0. The molecule has 88 valence electrons. The molecule has 0 radical (unpaired) electrons. The first-order valence-corrected chi connectivity index (χ1v) is 6.47. The zero-order valence-electron chi connectivity index (χ0n) is 9.53. The summed E-state index contributed by atoms with van der Waals surface area (Å²) < 4.78 is 0. The predicted octanol–water partition coefficient (Wildman–Crippen LogP) is 3.04. The number of hydrogen-bond acceptors (Lipinski definition) is 2. The van der Waals surface area contributed by atoms with Crippen LogP contribution >= 0.6 is 11.6 Å². The van der Waals surface area contributed by atoms with Gasteiger partial charge in [0.2, 0.25) is 0 Å². The van der Waals surface area contributed by atoms with Crippen molar-refractivity contribution in [1.29, 1.82) is 0 Å². The highest BCUT2D eigenvalue weighted by molar-refractivity contribution is 6.31. The number of aromatic nitrogens is 1. The van der Waals surface area contributed by atoms with Crippen molar-refractivity contribution >= 4 is 11.6 Å². The average molecular weight is 239 g/mol. The van der Waals surface area contributed by atoms with Crippen molar-refractivity contribution in [2.24, 2.45) is 17.6 Å². The van der Waals surface area contributed by atoms with Gasteiger partial charge < -0.3 is 5.73 Å². The van der Waals surface area contributed by atoms with Gasteiger partial charge in [-0.05, 0) is 36.4 Å². The maximum Gasteiger partial charge on any atom is 0.0621 e. The van der Waals surface area contributed by atoms with Crippen LogP contribution in [0.25, 0.3) is 0 Å². The summed E-state index contributed by atoms with van der Waals surface area (Å²) in [4.78, 5) is 4.01. The second-order valence-electron chi connectivity index (χ2n) is 4.71. The topological polar surface area (TPSA) is 38.9 Å². The fourth-order valence-corrected chi connectivity index (χ4v) is 2.92. The first-order valence-electron chi connectivity index (χ1n) is 6.09. The van der Waals surface area contributed by atoms with Crippen molar-refractivity contribution in [2.45, 2.75) is 32.1 Å². The minimum absolute atomic E-state index is 0.586. The lowest BCUT2D eigenvalue weighted by atomic mass is 9.86. The van der Waals surface area contributed by atoms with Crippen LogP contribution in [-0.2, 0) is 6.42 Å². The molecule has 1 aliphatic rings. The summed E-state index contributed by atoms with van der Waals surface area (Å²) in [6.07, 6.45) is 9.94. The van der Waals surface area contributed by atoms with E-state index in [0.717, 1.165) is 23.9 Å². The highest BCUT2D eigenvalue weighted by atomic mass is 35.5. The predicted molar refractivity (Wildman–Crippen MR) is 67.5 cm³/mol. The Kier molecular flexibility index (Phi) is 4.19. The molecule has 1 aliphatic carbocycles. The van der Waals surface area contributed by atoms with Crippen LogP contribution in [0.3, 0.4) is 0 Å². The van der Waals surface area contributed by atoms with Gasteiger partial charge in [0.1, 0.15) is 0 Å². The Morgan fingerprint density at radius 3 is 2.81 bits per heavy atom. The number of halogens is 1. The summed E-state index contributed by atoms with van der Waals surface area (Å²) in [5, 5.41) is 0.777. The Labute approximate surface area is 102 Å². The van der Waals surface area contributed by atoms with Gasteiger partial charge in [0.05, 0.1) is 5.02 Å². The van der Waals surface area contributed by atoms with Crippen LogP contribution < -0.4 is 5.73 Å². The molecule has 16 heavy (non-hydrogen) atoms. The molecule has 1 heterocycles. The lowest BCUT2D eigenvalue weighted by molar-refractivity contribution is 0.345. The van der Waals surface area contributed by atoms with E-state index in [-0.39, 0.29) is 0 Å². The standard InChI is InChI=1S/C13H19ClN2/c14-13-9-16-6-5-11(13)7-12(8-15)10-3-1-2-4-10/h5-6,9-10,12H,1-4,7-8,15H2. The smallest absolute Gasteiger partial charge is 0.0621 e. The number of rotatable bonds is 4. The third-order valence-electron chi connectivity index (χ3n) is 3.71. The Bertz CT molecular complexity index is 334. The zero-order chi connectivity index (χ0) is 11.4. The van der Waals surface area contributed by atoms with Crippen molar-refractivity contribution in [2.75, 3.05) is 6.54 Å². The second kappa shape index (κ2) is 5.65. The monoisotopic (exact) mass is 238 g/mol. The van der Waals surface area contributed by atoms with E-state index in [0.29, 0.717) is 5.92 Å². The largest absolute Gasteiger partial charge is 0.330 e. The molecular weight excluding hydrogens is 220 g/mol. The quantitative estimate of drug-likeness (QED) is 0.876. The van der Waals surface area contributed by atoms with Crippen molar-refractivity contribution < 1.29 is 0 Å². The van der Waals surface area contributed by atoms with E-state index in [2.05, 4.69) is 4.98 Å².